The second-order valence-corrected chi connectivity index (χ2v) is 7.77. The number of aromatic nitrogens is 1. The molecule has 132 valence electrons. The van der Waals surface area contributed by atoms with Gasteiger partial charge in [-0.2, -0.15) is 5.26 Å². The van der Waals surface area contributed by atoms with E-state index in [9.17, 15) is 9.59 Å². The Morgan fingerprint density at radius 3 is 2.77 bits per heavy atom. The predicted octanol–water partition coefficient (Wildman–Crippen LogP) is 2.88. The molecule has 2 fully saturated rings. The minimum atomic E-state index is -0.0816. The first kappa shape index (κ1) is 16.7. The fourth-order valence-electron chi connectivity index (χ4n) is 3.20. The Hall–Kier alpha value is -2.72. The van der Waals surface area contributed by atoms with Crippen LogP contribution in [0.25, 0.3) is 0 Å². The molecule has 0 aromatic carbocycles. The Morgan fingerprint density at radius 2 is 2.08 bits per heavy atom. The summed E-state index contributed by atoms with van der Waals surface area (Å²) in [7, 11) is 0. The largest absolute Gasteiger partial charge is 0.349 e. The fourth-order valence-corrected chi connectivity index (χ4v) is 4.25. The maximum absolute atomic E-state index is 12.9. The molecule has 2 aromatic heterocycles. The fraction of sp³-hybridized carbons (Fsp3) is 0.368. The van der Waals surface area contributed by atoms with E-state index >= 15 is 0 Å². The highest BCUT2D eigenvalue weighted by Crippen LogP contribution is 2.37. The zero-order valence-corrected chi connectivity index (χ0v) is 15.0. The van der Waals surface area contributed by atoms with Crippen molar-refractivity contribution in [2.75, 3.05) is 6.54 Å². The molecule has 1 aliphatic heterocycles. The Kier molecular flexibility index (Phi) is 4.43. The Bertz CT molecular complexity index is 880. The standard InChI is InChI=1S/C19H18N4O2S/c20-10-14-4-3-12(11-21-14)19(25)23-9-1-2-15(23)16-7-8-17(26-16)18(24)22-13-5-6-13/h3-4,7-8,11,13,15H,1-2,5-6,9H2,(H,22,24)/t15-/m0/s1. The first-order valence-electron chi connectivity index (χ1n) is 8.73. The van der Waals surface area contributed by atoms with Gasteiger partial charge in [0.1, 0.15) is 11.8 Å². The highest BCUT2D eigenvalue weighted by molar-refractivity contribution is 7.14. The molecule has 0 bridgehead atoms. The molecule has 26 heavy (non-hydrogen) atoms. The van der Waals surface area contributed by atoms with E-state index < -0.39 is 0 Å². The summed E-state index contributed by atoms with van der Waals surface area (Å²) in [6.07, 6.45) is 5.40. The summed E-state index contributed by atoms with van der Waals surface area (Å²) in [6.45, 7) is 0.686. The molecule has 3 heterocycles. The highest BCUT2D eigenvalue weighted by atomic mass is 32.1. The van der Waals surface area contributed by atoms with E-state index in [1.165, 1.54) is 17.5 Å². The third-order valence-electron chi connectivity index (χ3n) is 4.73. The monoisotopic (exact) mass is 366 g/mol. The Morgan fingerprint density at radius 1 is 1.23 bits per heavy atom. The van der Waals surface area contributed by atoms with E-state index in [0.29, 0.717) is 28.7 Å². The number of nitriles is 1. The second-order valence-electron chi connectivity index (χ2n) is 6.65. The minimum Gasteiger partial charge on any atom is -0.349 e. The molecule has 2 aliphatic rings. The third kappa shape index (κ3) is 3.33. The molecule has 6 nitrogen and oxygen atoms in total. The normalized spacial score (nSPS) is 19.2. The number of likely N-dealkylation sites (tertiary alicyclic amines) is 1. The smallest absolute Gasteiger partial charge is 0.261 e. The second kappa shape index (κ2) is 6.89. The number of thiophene rings is 1. The molecule has 7 heteroatoms. The molecule has 1 saturated heterocycles. The van der Waals surface area contributed by atoms with Crippen LogP contribution in [0.5, 0.6) is 0 Å². The molecule has 1 aliphatic carbocycles. The summed E-state index contributed by atoms with van der Waals surface area (Å²) >= 11 is 1.47. The summed E-state index contributed by atoms with van der Waals surface area (Å²) in [5.41, 5.74) is 0.781. The van der Waals surface area contributed by atoms with Gasteiger partial charge in [-0.1, -0.05) is 0 Å². The molecule has 1 N–H and O–H groups in total. The first-order valence-corrected chi connectivity index (χ1v) is 9.55. The summed E-state index contributed by atoms with van der Waals surface area (Å²) in [5, 5.41) is 11.8. The van der Waals surface area contributed by atoms with Gasteiger partial charge in [0.2, 0.25) is 0 Å². The van der Waals surface area contributed by atoms with Crippen molar-refractivity contribution < 1.29 is 9.59 Å². The van der Waals surface area contributed by atoms with Crippen LogP contribution in [0.2, 0.25) is 0 Å². The summed E-state index contributed by atoms with van der Waals surface area (Å²) in [6, 6.07) is 9.29. The number of nitrogens with zero attached hydrogens (tertiary/aromatic N) is 3. The van der Waals surface area contributed by atoms with Gasteiger partial charge in [0, 0.05) is 23.7 Å². The van der Waals surface area contributed by atoms with E-state index in [-0.39, 0.29) is 17.9 Å². The van der Waals surface area contributed by atoms with Crippen LogP contribution in [-0.2, 0) is 0 Å². The number of pyridine rings is 1. The van der Waals surface area contributed by atoms with Crippen LogP contribution in [0.3, 0.4) is 0 Å². The number of hydrogen-bond donors (Lipinski definition) is 1. The zero-order chi connectivity index (χ0) is 18.1. The molecule has 0 unspecified atom stereocenters. The van der Waals surface area contributed by atoms with Gasteiger partial charge in [-0.15, -0.1) is 11.3 Å². The van der Waals surface area contributed by atoms with Gasteiger partial charge >= 0.3 is 0 Å². The van der Waals surface area contributed by atoms with Crippen molar-refractivity contribution in [3.63, 3.8) is 0 Å². The molecule has 1 atom stereocenters. The summed E-state index contributed by atoms with van der Waals surface area (Å²) in [4.78, 5) is 32.6. The van der Waals surface area contributed by atoms with Crippen molar-refractivity contribution in [1.82, 2.24) is 15.2 Å². The number of carbonyl (C=O) groups excluding carboxylic acids is 2. The van der Waals surface area contributed by atoms with Gasteiger partial charge < -0.3 is 10.2 Å². The number of carbonyl (C=O) groups is 2. The number of nitrogens with one attached hydrogen (secondary N) is 1. The average Bonchev–Trinajstić information content (AvgIpc) is 3.15. The molecular formula is C19H18N4O2S. The average molecular weight is 366 g/mol. The van der Waals surface area contributed by atoms with Gasteiger partial charge in [0.15, 0.2) is 0 Å². The van der Waals surface area contributed by atoms with Crippen LogP contribution < -0.4 is 5.32 Å². The lowest BCUT2D eigenvalue weighted by Gasteiger charge is -2.23. The van der Waals surface area contributed by atoms with Crippen LogP contribution in [-0.4, -0.2) is 34.3 Å². The van der Waals surface area contributed by atoms with E-state index in [4.69, 9.17) is 5.26 Å². The van der Waals surface area contributed by atoms with Gasteiger partial charge in [0.05, 0.1) is 16.5 Å². The molecule has 0 spiro atoms. The van der Waals surface area contributed by atoms with E-state index in [2.05, 4.69) is 10.3 Å². The van der Waals surface area contributed by atoms with Gasteiger partial charge in [-0.3, -0.25) is 9.59 Å². The summed E-state index contributed by atoms with van der Waals surface area (Å²) in [5.74, 6) is -0.0993. The lowest BCUT2D eigenvalue weighted by atomic mass is 10.1. The topological polar surface area (TPSA) is 86.1 Å². The maximum atomic E-state index is 12.9. The Labute approximate surface area is 155 Å². The summed E-state index contributed by atoms with van der Waals surface area (Å²) < 4.78 is 0. The number of amides is 2. The molecule has 4 rings (SSSR count). The molecule has 0 radical (unpaired) electrons. The van der Waals surface area contributed by atoms with Crippen molar-refractivity contribution in [3.05, 3.63) is 51.5 Å². The Balaban J connectivity index is 1.50. The third-order valence-corrected chi connectivity index (χ3v) is 5.92. The SMILES string of the molecule is N#Cc1ccc(C(=O)N2CCC[C@H]2c2ccc(C(=O)NC3CC3)s2)cn1. The van der Waals surface area contributed by atoms with Crippen LogP contribution in [0.1, 0.15) is 62.3 Å². The molecule has 2 amide bonds. The quantitative estimate of drug-likeness (QED) is 0.901. The molecular weight excluding hydrogens is 348 g/mol. The van der Waals surface area contributed by atoms with Crippen LogP contribution in [0, 0.1) is 11.3 Å². The predicted molar refractivity (Wildman–Crippen MR) is 96.8 cm³/mol. The van der Waals surface area contributed by atoms with Crippen molar-refractivity contribution in [3.8, 4) is 6.07 Å². The first-order chi connectivity index (χ1) is 12.7. The number of hydrogen-bond acceptors (Lipinski definition) is 5. The van der Waals surface area contributed by atoms with E-state index in [0.717, 1.165) is 30.6 Å². The van der Waals surface area contributed by atoms with E-state index in [1.54, 1.807) is 12.1 Å². The van der Waals surface area contributed by atoms with Gasteiger partial charge in [-0.25, -0.2) is 4.98 Å². The molecule has 1 saturated carbocycles. The zero-order valence-electron chi connectivity index (χ0n) is 14.1. The van der Waals surface area contributed by atoms with Gasteiger partial charge in [0.25, 0.3) is 11.8 Å². The van der Waals surface area contributed by atoms with Crippen LogP contribution in [0.15, 0.2) is 30.5 Å². The van der Waals surface area contributed by atoms with Crippen molar-refractivity contribution in [1.29, 1.82) is 5.26 Å². The van der Waals surface area contributed by atoms with Crippen LogP contribution in [0.4, 0.5) is 0 Å². The maximum Gasteiger partial charge on any atom is 0.261 e. The lowest BCUT2D eigenvalue weighted by molar-refractivity contribution is 0.0737. The lowest BCUT2D eigenvalue weighted by Crippen LogP contribution is -2.30. The highest BCUT2D eigenvalue weighted by Gasteiger charge is 2.32. The van der Waals surface area contributed by atoms with Crippen molar-refractivity contribution >= 4 is 23.2 Å². The van der Waals surface area contributed by atoms with E-state index in [1.807, 2.05) is 23.1 Å². The van der Waals surface area contributed by atoms with Crippen molar-refractivity contribution in [2.45, 2.75) is 37.8 Å². The number of rotatable bonds is 4. The van der Waals surface area contributed by atoms with Crippen molar-refractivity contribution in [2.24, 2.45) is 0 Å². The van der Waals surface area contributed by atoms with Gasteiger partial charge in [-0.05, 0) is 49.9 Å². The minimum absolute atomic E-state index is 0.00869. The van der Waals surface area contributed by atoms with Crippen LogP contribution >= 0.6 is 11.3 Å². The molecule has 2 aromatic rings.